The number of nitrogens with two attached hydrogens (primary N) is 1. The molecule has 0 aliphatic carbocycles. The van der Waals surface area contributed by atoms with Gasteiger partial charge in [-0.05, 0) is 22.6 Å². The second-order valence-corrected chi connectivity index (χ2v) is 2.48. The van der Waals surface area contributed by atoms with Crippen molar-refractivity contribution in [2.75, 3.05) is 0 Å². The normalized spacial score (nSPS) is 9.44. The van der Waals surface area contributed by atoms with Gasteiger partial charge in [-0.15, -0.1) is 0 Å². The quantitative estimate of drug-likeness (QED) is 0.719. The van der Waals surface area contributed by atoms with Crippen LogP contribution < -0.4 is 5.73 Å². The van der Waals surface area contributed by atoms with E-state index in [4.69, 9.17) is 5.73 Å². The van der Waals surface area contributed by atoms with Crippen LogP contribution in [0.3, 0.4) is 0 Å². The van der Waals surface area contributed by atoms with E-state index in [1.165, 1.54) is 6.07 Å². The Labute approximate surface area is 64.5 Å². The van der Waals surface area contributed by atoms with Crippen LogP contribution in [-0.2, 0) is 0 Å². The highest BCUT2D eigenvalue weighted by Gasteiger charge is 2.05. The number of nitrogens with zero attached hydrogens (tertiary/aromatic N) is 1. The summed E-state index contributed by atoms with van der Waals surface area (Å²) in [6, 6.07) is 1.48. The van der Waals surface area contributed by atoms with Crippen LogP contribution in [0.5, 0.6) is 0 Å². The zero-order valence-corrected chi connectivity index (χ0v) is 6.45. The van der Waals surface area contributed by atoms with Gasteiger partial charge in [-0.25, -0.2) is 0 Å². The van der Waals surface area contributed by atoms with Crippen LogP contribution in [0.15, 0.2) is 10.6 Å². The second-order valence-electron chi connectivity index (χ2n) is 1.38. The Morgan fingerprint density at radius 1 is 1.89 bits per heavy atom. The van der Waals surface area contributed by atoms with E-state index in [0.717, 1.165) is 0 Å². The fraction of sp³-hybridized carbons (Fsp3) is 0. The summed E-state index contributed by atoms with van der Waals surface area (Å²) in [6.07, 6.45) is 0. The predicted molar refractivity (Wildman–Crippen MR) is 37.7 cm³/mol. The SMILES string of the molecule is NC(=O)c1cc(I)no1. The molecule has 0 aliphatic rings. The van der Waals surface area contributed by atoms with Crippen LogP contribution in [0.4, 0.5) is 0 Å². The molecule has 1 aromatic heterocycles. The van der Waals surface area contributed by atoms with E-state index in [1.54, 1.807) is 0 Å². The minimum atomic E-state index is -0.592. The lowest BCUT2D eigenvalue weighted by molar-refractivity contribution is 0.0965. The summed E-state index contributed by atoms with van der Waals surface area (Å²) < 4.78 is 5.12. The molecule has 0 saturated heterocycles. The molecular weight excluding hydrogens is 235 g/mol. The maximum atomic E-state index is 10.3. The molecule has 1 amide bonds. The lowest BCUT2D eigenvalue weighted by Crippen LogP contribution is -2.09. The van der Waals surface area contributed by atoms with Gasteiger partial charge in [0.2, 0.25) is 5.76 Å². The Balaban J connectivity index is 2.98. The lowest BCUT2D eigenvalue weighted by Gasteiger charge is -1.77. The van der Waals surface area contributed by atoms with E-state index in [9.17, 15) is 4.79 Å². The van der Waals surface area contributed by atoms with E-state index < -0.39 is 5.91 Å². The third kappa shape index (κ3) is 1.41. The van der Waals surface area contributed by atoms with Crippen molar-refractivity contribution < 1.29 is 9.32 Å². The Hall–Kier alpha value is -0.590. The van der Waals surface area contributed by atoms with Crippen molar-refractivity contribution in [1.82, 2.24) is 5.16 Å². The van der Waals surface area contributed by atoms with Crippen molar-refractivity contribution in [3.8, 4) is 0 Å². The van der Waals surface area contributed by atoms with Gasteiger partial charge in [-0.2, -0.15) is 0 Å². The Morgan fingerprint density at radius 3 is 2.78 bits per heavy atom. The number of carbonyl (C=O) groups is 1. The van der Waals surface area contributed by atoms with Gasteiger partial charge in [0.1, 0.15) is 3.70 Å². The van der Waals surface area contributed by atoms with Crippen LogP contribution in [0.25, 0.3) is 0 Å². The highest BCUT2D eigenvalue weighted by molar-refractivity contribution is 14.1. The summed E-state index contributed by atoms with van der Waals surface area (Å²) in [4.78, 5) is 10.3. The average molecular weight is 238 g/mol. The second kappa shape index (κ2) is 2.34. The molecule has 0 radical (unpaired) electrons. The van der Waals surface area contributed by atoms with Crippen LogP contribution in [0.1, 0.15) is 10.6 Å². The van der Waals surface area contributed by atoms with Gasteiger partial charge in [0.15, 0.2) is 0 Å². The first-order valence-corrected chi connectivity index (χ1v) is 3.20. The van der Waals surface area contributed by atoms with Gasteiger partial charge in [-0.1, -0.05) is 5.16 Å². The number of hydrogen-bond acceptors (Lipinski definition) is 3. The average Bonchev–Trinajstić information content (AvgIpc) is 2.14. The van der Waals surface area contributed by atoms with Crippen molar-refractivity contribution in [1.29, 1.82) is 0 Å². The smallest absolute Gasteiger partial charge is 0.287 e. The van der Waals surface area contributed by atoms with E-state index >= 15 is 0 Å². The molecule has 0 atom stereocenters. The predicted octanol–water partition coefficient (Wildman–Crippen LogP) is 0.378. The number of rotatable bonds is 1. The molecular formula is C4H3IN2O2. The molecule has 0 aromatic carbocycles. The molecule has 0 aliphatic heterocycles. The molecule has 1 heterocycles. The van der Waals surface area contributed by atoms with Crippen LogP contribution >= 0.6 is 22.6 Å². The highest BCUT2D eigenvalue weighted by atomic mass is 127. The Kier molecular flexibility index (Phi) is 1.70. The van der Waals surface area contributed by atoms with Crippen molar-refractivity contribution in [3.63, 3.8) is 0 Å². The fourth-order valence-electron chi connectivity index (χ4n) is 0.370. The minimum absolute atomic E-state index is 0.0967. The molecule has 0 unspecified atom stereocenters. The number of primary amides is 1. The third-order valence-corrected chi connectivity index (χ3v) is 1.23. The van der Waals surface area contributed by atoms with Gasteiger partial charge >= 0.3 is 0 Å². The monoisotopic (exact) mass is 238 g/mol. The summed E-state index contributed by atoms with van der Waals surface area (Å²) in [5.41, 5.74) is 4.85. The number of carbonyl (C=O) groups excluding carboxylic acids is 1. The lowest BCUT2D eigenvalue weighted by atomic mass is 10.5. The number of aromatic nitrogens is 1. The zero-order chi connectivity index (χ0) is 6.85. The number of halogens is 1. The largest absolute Gasteiger partial charge is 0.363 e. The first-order chi connectivity index (χ1) is 4.20. The summed E-state index contributed by atoms with van der Waals surface area (Å²) >= 11 is 1.92. The molecule has 9 heavy (non-hydrogen) atoms. The van der Waals surface area contributed by atoms with Crippen LogP contribution in [0, 0.1) is 3.70 Å². The van der Waals surface area contributed by atoms with Gasteiger partial charge in [0.05, 0.1) is 0 Å². The summed E-state index contributed by atoms with van der Waals surface area (Å²) in [7, 11) is 0. The van der Waals surface area contributed by atoms with E-state index in [0.29, 0.717) is 3.70 Å². The van der Waals surface area contributed by atoms with Gasteiger partial charge in [0.25, 0.3) is 5.91 Å². The topological polar surface area (TPSA) is 69.1 Å². The van der Waals surface area contributed by atoms with Gasteiger partial charge < -0.3 is 10.3 Å². The molecule has 0 saturated carbocycles. The Morgan fingerprint density at radius 2 is 2.56 bits per heavy atom. The minimum Gasteiger partial charge on any atom is -0.363 e. The first-order valence-electron chi connectivity index (χ1n) is 2.12. The van der Waals surface area contributed by atoms with Crippen molar-refractivity contribution in [3.05, 3.63) is 15.5 Å². The number of amides is 1. The van der Waals surface area contributed by atoms with E-state index in [2.05, 4.69) is 9.68 Å². The Bertz CT molecular complexity index is 232. The zero-order valence-electron chi connectivity index (χ0n) is 4.30. The third-order valence-electron chi connectivity index (χ3n) is 0.724. The van der Waals surface area contributed by atoms with Crippen LogP contribution in [0.2, 0.25) is 0 Å². The highest BCUT2D eigenvalue weighted by Crippen LogP contribution is 2.03. The van der Waals surface area contributed by atoms with Crippen molar-refractivity contribution in [2.45, 2.75) is 0 Å². The summed E-state index contributed by atoms with van der Waals surface area (Å²) in [5, 5.41) is 3.45. The molecule has 0 spiro atoms. The molecule has 1 rings (SSSR count). The van der Waals surface area contributed by atoms with Crippen molar-refractivity contribution in [2.24, 2.45) is 5.73 Å². The summed E-state index contributed by atoms with van der Waals surface area (Å²) in [5.74, 6) is -0.496. The molecule has 48 valence electrons. The van der Waals surface area contributed by atoms with Crippen molar-refractivity contribution >= 4 is 28.5 Å². The number of hydrogen-bond donors (Lipinski definition) is 1. The maximum Gasteiger partial charge on any atom is 0.287 e. The maximum absolute atomic E-state index is 10.3. The van der Waals surface area contributed by atoms with E-state index in [1.807, 2.05) is 22.6 Å². The van der Waals surface area contributed by atoms with Crippen LogP contribution in [-0.4, -0.2) is 11.1 Å². The summed E-state index contributed by atoms with van der Waals surface area (Å²) in [6.45, 7) is 0. The van der Waals surface area contributed by atoms with E-state index in [-0.39, 0.29) is 5.76 Å². The molecule has 5 heteroatoms. The molecule has 0 bridgehead atoms. The van der Waals surface area contributed by atoms with Gasteiger partial charge in [-0.3, -0.25) is 4.79 Å². The molecule has 4 nitrogen and oxygen atoms in total. The first kappa shape index (κ1) is 6.53. The fourth-order valence-corrected chi connectivity index (χ4v) is 0.751. The standard InChI is InChI=1S/C4H3IN2O2/c5-3-1-2(4(6)8)9-7-3/h1H,(H2,6,8). The molecule has 1 aromatic rings. The van der Waals surface area contributed by atoms with Gasteiger partial charge in [0, 0.05) is 6.07 Å². The molecule has 0 fully saturated rings. The molecule has 2 N–H and O–H groups in total.